The topological polar surface area (TPSA) is 95.7 Å². The van der Waals surface area contributed by atoms with E-state index < -0.39 is 11.0 Å². The second kappa shape index (κ2) is 5.46. The molecule has 1 amide bonds. The van der Waals surface area contributed by atoms with Gasteiger partial charge in [-0.15, -0.1) is 0 Å². The van der Waals surface area contributed by atoms with Crippen molar-refractivity contribution in [3.8, 4) is 0 Å². The highest BCUT2D eigenvalue weighted by molar-refractivity contribution is 6.00. The summed E-state index contributed by atoms with van der Waals surface area (Å²) in [7, 11) is 1.73. The predicted molar refractivity (Wildman–Crippen MR) is 75.0 cm³/mol. The first-order valence-electron chi connectivity index (χ1n) is 6.39. The minimum Gasteiger partial charge on any atom is -0.393 e. The molecule has 0 fully saturated rings. The molecule has 0 radical (unpaired) electrons. The number of anilines is 2. The van der Waals surface area contributed by atoms with Gasteiger partial charge in [-0.05, 0) is 25.0 Å². The van der Waals surface area contributed by atoms with Crippen LogP contribution in [0.2, 0.25) is 0 Å². The number of aliphatic hydroxyl groups excluding tert-OH is 1. The number of amides is 1. The Labute approximate surface area is 116 Å². The Balaban J connectivity index is 2.33. The smallest absolute Gasteiger partial charge is 0.292 e. The number of benzene rings is 1. The Kier molecular flexibility index (Phi) is 3.89. The van der Waals surface area contributed by atoms with E-state index in [0.717, 1.165) is 0 Å². The van der Waals surface area contributed by atoms with E-state index in [4.69, 9.17) is 0 Å². The highest BCUT2D eigenvalue weighted by atomic mass is 16.6. The molecule has 0 aliphatic carbocycles. The second-order valence-electron chi connectivity index (χ2n) is 5.04. The maximum Gasteiger partial charge on any atom is 0.292 e. The third kappa shape index (κ3) is 2.88. The lowest BCUT2D eigenvalue weighted by atomic mass is 10.1. The van der Waals surface area contributed by atoms with Crippen molar-refractivity contribution in [3.05, 3.63) is 27.8 Å². The van der Waals surface area contributed by atoms with Gasteiger partial charge in [0, 0.05) is 25.3 Å². The minimum absolute atomic E-state index is 0.0201. The number of carbonyl (C=O) groups excluding carboxylic acids is 1. The van der Waals surface area contributed by atoms with Crippen LogP contribution in [0.1, 0.15) is 18.9 Å². The lowest BCUT2D eigenvalue weighted by Crippen LogP contribution is -2.22. The van der Waals surface area contributed by atoms with Crippen molar-refractivity contribution >= 4 is 23.0 Å². The van der Waals surface area contributed by atoms with Crippen molar-refractivity contribution in [3.63, 3.8) is 0 Å². The van der Waals surface area contributed by atoms with Crippen molar-refractivity contribution < 1.29 is 14.8 Å². The second-order valence-corrected chi connectivity index (χ2v) is 5.04. The number of aliphatic hydroxyl groups is 1. The average Bonchev–Trinajstić information content (AvgIpc) is 2.73. The zero-order valence-corrected chi connectivity index (χ0v) is 11.4. The summed E-state index contributed by atoms with van der Waals surface area (Å²) >= 11 is 0. The third-order valence-corrected chi connectivity index (χ3v) is 3.32. The quantitative estimate of drug-likeness (QED) is 0.625. The minimum atomic E-state index is -0.467. The molecule has 7 heteroatoms. The van der Waals surface area contributed by atoms with Gasteiger partial charge in [-0.3, -0.25) is 14.9 Å². The van der Waals surface area contributed by atoms with Gasteiger partial charge in [0.05, 0.1) is 17.4 Å². The summed E-state index contributed by atoms with van der Waals surface area (Å²) in [6.45, 7) is 2.16. The summed E-state index contributed by atoms with van der Waals surface area (Å²) in [5.41, 5.74) is 1.69. The lowest BCUT2D eigenvalue weighted by Gasteiger charge is -2.20. The fraction of sp³-hybridized carbons (Fsp3) is 0.462. The van der Waals surface area contributed by atoms with Gasteiger partial charge in [0.25, 0.3) is 5.69 Å². The van der Waals surface area contributed by atoms with E-state index in [1.165, 1.54) is 6.07 Å². The Morgan fingerprint density at radius 1 is 1.55 bits per heavy atom. The fourth-order valence-corrected chi connectivity index (χ4v) is 2.20. The molecule has 1 heterocycles. The molecular weight excluding hydrogens is 262 g/mol. The van der Waals surface area contributed by atoms with E-state index in [9.17, 15) is 20.0 Å². The van der Waals surface area contributed by atoms with Crippen molar-refractivity contribution in [2.45, 2.75) is 25.9 Å². The summed E-state index contributed by atoms with van der Waals surface area (Å²) in [6.07, 6.45) is 0.218. The molecule has 1 atom stereocenters. The zero-order chi connectivity index (χ0) is 14.9. The van der Waals surface area contributed by atoms with Crippen molar-refractivity contribution in [2.24, 2.45) is 0 Å². The fourth-order valence-electron chi connectivity index (χ4n) is 2.20. The highest BCUT2D eigenvalue weighted by Gasteiger charge is 2.26. The van der Waals surface area contributed by atoms with Gasteiger partial charge >= 0.3 is 0 Å². The monoisotopic (exact) mass is 279 g/mol. The van der Waals surface area contributed by atoms with Crippen LogP contribution in [0.15, 0.2) is 12.1 Å². The highest BCUT2D eigenvalue weighted by Crippen LogP contribution is 2.36. The van der Waals surface area contributed by atoms with Gasteiger partial charge < -0.3 is 15.3 Å². The molecule has 7 nitrogen and oxygen atoms in total. The van der Waals surface area contributed by atoms with Crippen LogP contribution < -0.4 is 10.2 Å². The Hall–Kier alpha value is -2.15. The van der Waals surface area contributed by atoms with Crippen LogP contribution in [0, 0.1) is 10.1 Å². The molecule has 0 saturated carbocycles. The molecule has 2 N–H and O–H groups in total. The lowest BCUT2D eigenvalue weighted by molar-refractivity contribution is -0.384. The van der Waals surface area contributed by atoms with Gasteiger partial charge in [0.2, 0.25) is 5.91 Å². The van der Waals surface area contributed by atoms with Crippen molar-refractivity contribution in [2.75, 3.05) is 23.8 Å². The number of nitrogens with zero attached hydrogens (tertiary/aromatic N) is 2. The van der Waals surface area contributed by atoms with Crippen molar-refractivity contribution in [1.29, 1.82) is 0 Å². The summed E-state index contributed by atoms with van der Waals surface area (Å²) < 4.78 is 0. The van der Waals surface area contributed by atoms with Crippen molar-refractivity contribution in [1.82, 2.24) is 0 Å². The number of nitro benzene ring substituents is 1. The number of hydrogen-bond donors (Lipinski definition) is 2. The van der Waals surface area contributed by atoms with E-state index in [1.807, 2.05) is 0 Å². The first-order valence-corrected chi connectivity index (χ1v) is 6.39. The normalized spacial score (nSPS) is 14.7. The first-order chi connectivity index (χ1) is 9.38. The van der Waals surface area contributed by atoms with E-state index in [2.05, 4.69) is 5.32 Å². The summed E-state index contributed by atoms with van der Waals surface area (Å²) in [5, 5.41) is 23.2. The van der Waals surface area contributed by atoms with Crippen LogP contribution in [0.3, 0.4) is 0 Å². The maximum absolute atomic E-state index is 11.3. The standard InChI is InChI=1S/C13H17N3O4/c1-8(17)3-4-15(2)11-7-10-9(6-13(18)14-10)5-12(11)16(19)20/h5,7-8,17H,3-4,6H2,1-2H3,(H,14,18). The van der Waals surface area contributed by atoms with E-state index >= 15 is 0 Å². The van der Waals surface area contributed by atoms with E-state index in [1.54, 1.807) is 24.9 Å². The molecule has 1 aliphatic rings. The zero-order valence-electron chi connectivity index (χ0n) is 11.4. The van der Waals surface area contributed by atoms with Gasteiger partial charge in [0.1, 0.15) is 5.69 Å². The number of nitro groups is 1. The molecule has 20 heavy (non-hydrogen) atoms. The summed E-state index contributed by atoms with van der Waals surface area (Å²) in [6, 6.07) is 3.07. The number of fused-ring (bicyclic) bond motifs is 1. The number of hydrogen-bond acceptors (Lipinski definition) is 5. The molecule has 0 bridgehead atoms. The number of nitrogens with one attached hydrogen (secondary N) is 1. The van der Waals surface area contributed by atoms with Crippen LogP contribution in [-0.2, 0) is 11.2 Å². The summed E-state index contributed by atoms with van der Waals surface area (Å²) in [4.78, 5) is 23.8. The first kappa shape index (κ1) is 14.3. The molecule has 1 aromatic carbocycles. The summed E-state index contributed by atoms with van der Waals surface area (Å²) in [5.74, 6) is -0.155. The molecule has 0 saturated heterocycles. The Bertz CT molecular complexity index is 557. The molecule has 108 valence electrons. The van der Waals surface area contributed by atoms with Crippen LogP contribution in [0.25, 0.3) is 0 Å². The molecule has 2 rings (SSSR count). The average molecular weight is 279 g/mol. The van der Waals surface area contributed by atoms with Gasteiger partial charge in [0.15, 0.2) is 0 Å². The molecule has 1 aliphatic heterocycles. The Morgan fingerprint density at radius 3 is 2.85 bits per heavy atom. The van der Waals surface area contributed by atoms with Crippen LogP contribution in [-0.4, -0.2) is 35.6 Å². The van der Waals surface area contributed by atoms with Crippen LogP contribution in [0.4, 0.5) is 17.1 Å². The third-order valence-electron chi connectivity index (χ3n) is 3.32. The van der Waals surface area contributed by atoms with Gasteiger partial charge in [-0.25, -0.2) is 0 Å². The largest absolute Gasteiger partial charge is 0.393 e. The predicted octanol–water partition coefficient (Wildman–Crippen LogP) is 1.30. The SMILES string of the molecule is CC(O)CCN(C)c1cc2c(cc1[N+](=O)[O-])CC(=O)N2. The van der Waals surface area contributed by atoms with E-state index in [0.29, 0.717) is 29.9 Å². The maximum atomic E-state index is 11.3. The molecule has 0 aromatic heterocycles. The number of rotatable bonds is 5. The number of carbonyl (C=O) groups is 1. The van der Waals surface area contributed by atoms with E-state index in [-0.39, 0.29) is 18.0 Å². The molecule has 1 aromatic rings. The van der Waals surface area contributed by atoms with Crippen LogP contribution in [0.5, 0.6) is 0 Å². The van der Waals surface area contributed by atoms with Gasteiger partial charge in [-0.2, -0.15) is 0 Å². The van der Waals surface area contributed by atoms with Crippen LogP contribution >= 0.6 is 0 Å². The molecule has 0 spiro atoms. The Morgan fingerprint density at radius 2 is 2.25 bits per heavy atom. The molecular formula is C13H17N3O4. The molecule has 1 unspecified atom stereocenters. The van der Waals surface area contributed by atoms with Gasteiger partial charge in [-0.1, -0.05) is 0 Å².